The number of carbonyl (C=O) groups excluding carboxylic acids is 1. The van der Waals surface area contributed by atoms with Gasteiger partial charge in [-0.05, 0) is 47.5 Å². The number of ketones is 1. The average Bonchev–Trinajstić information content (AvgIpc) is 2.83. The summed E-state index contributed by atoms with van der Waals surface area (Å²) in [7, 11) is 0. The molecule has 0 aliphatic heterocycles. The summed E-state index contributed by atoms with van der Waals surface area (Å²) in [6, 6.07) is 17.5. The van der Waals surface area contributed by atoms with E-state index in [-0.39, 0.29) is 44.8 Å². The second kappa shape index (κ2) is 8.99. The van der Waals surface area contributed by atoms with Gasteiger partial charge in [0, 0.05) is 23.3 Å². The largest absolute Gasteiger partial charge is 0.289 e. The highest BCUT2D eigenvalue weighted by Gasteiger charge is 2.28. The third-order valence-corrected chi connectivity index (χ3v) is 5.23. The van der Waals surface area contributed by atoms with Crippen LogP contribution in [0.15, 0.2) is 84.9 Å². The average molecular weight is 460 g/mol. The first-order chi connectivity index (χ1) is 16.3. The molecule has 0 radical (unpaired) electrons. The van der Waals surface area contributed by atoms with Crippen LogP contribution in [-0.4, -0.2) is 15.6 Å². The van der Waals surface area contributed by atoms with Gasteiger partial charge in [-0.1, -0.05) is 36.4 Å². The van der Waals surface area contributed by atoms with Gasteiger partial charge in [-0.2, -0.15) is 0 Å². The van der Waals surface area contributed by atoms with Crippen molar-refractivity contribution < 1.29 is 23.4 Å². The number of rotatable bonds is 6. The number of carbonyl (C=O) groups is 1. The fourth-order valence-corrected chi connectivity index (χ4v) is 3.75. The molecule has 0 aliphatic carbocycles. The maximum absolute atomic E-state index is 13.7. The van der Waals surface area contributed by atoms with Gasteiger partial charge in [-0.15, -0.1) is 0 Å². The molecular formula is C25H14F2N2O5. The van der Waals surface area contributed by atoms with Gasteiger partial charge in [0.15, 0.2) is 5.78 Å². The summed E-state index contributed by atoms with van der Waals surface area (Å²) in [5, 5.41) is 23.5. The lowest BCUT2D eigenvalue weighted by Crippen LogP contribution is -2.09. The minimum absolute atomic E-state index is 0.0472. The Labute approximate surface area is 191 Å². The molecule has 4 rings (SSSR count). The van der Waals surface area contributed by atoms with Gasteiger partial charge >= 0.3 is 0 Å². The van der Waals surface area contributed by atoms with Crippen molar-refractivity contribution in [3.05, 3.63) is 128 Å². The van der Waals surface area contributed by atoms with E-state index in [0.717, 1.165) is 24.3 Å². The van der Waals surface area contributed by atoms with Gasteiger partial charge in [0.1, 0.15) is 11.6 Å². The second-order valence-corrected chi connectivity index (χ2v) is 7.26. The molecule has 0 atom stereocenters. The Morgan fingerprint density at radius 3 is 1.26 bits per heavy atom. The summed E-state index contributed by atoms with van der Waals surface area (Å²) in [6.07, 6.45) is 0. The Hall–Kier alpha value is -4.79. The molecule has 0 aliphatic rings. The molecule has 0 amide bonds. The van der Waals surface area contributed by atoms with Gasteiger partial charge < -0.3 is 0 Å². The highest BCUT2D eigenvalue weighted by molar-refractivity contribution is 6.17. The highest BCUT2D eigenvalue weighted by Crippen LogP contribution is 2.38. The maximum Gasteiger partial charge on any atom is 0.277 e. The molecule has 0 N–H and O–H groups in total. The molecule has 0 aromatic heterocycles. The molecule has 0 saturated heterocycles. The van der Waals surface area contributed by atoms with E-state index in [9.17, 15) is 33.8 Å². The monoisotopic (exact) mass is 460 g/mol. The number of nitrogens with zero attached hydrogens (tertiary/aromatic N) is 2. The van der Waals surface area contributed by atoms with Crippen molar-refractivity contribution in [2.75, 3.05) is 0 Å². The van der Waals surface area contributed by atoms with Gasteiger partial charge in [0.05, 0.1) is 21.0 Å². The van der Waals surface area contributed by atoms with Crippen molar-refractivity contribution in [1.29, 1.82) is 0 Å². The normalized spacial score (nSPS) is 10.6. The van der Waals surface area contributed by atoms with Crippen LogP contribution in [0.25, 0.3) is 22.3 Å². The van der Waals surface area contributed by atoms with E-state index in [4.69, 9.17) is 0 Å². The SMILES string of the molecule is O=C(c1cccc([N+](=O)[O-])c1-c1ccc(F)cc1)c1cccc([N+](=O)[O-])c1-c1ccc(F)cc1. The van der Waals surface area contributed by atoms with Crippen LogP contribution >= 0.6 is 0 Å². The Bertz CT molecular complexity index is 1330. The molecule has 0 heterocycles. The zero-order valence-corrected chi connectivity index (χ0v) is 17.3. The Kier molecular flexibility index (Phi) is 5.92. The summed E-state index contributed by atoms with van der Waals surface area (Å²) < 4.78 is 27.0. The predicted octanol–water partition coefficient (Wildman–Crippen LogP) is 6.35. The van der Waals surface area contributed by atoms with Gasteiger partial charge in [-0.3, -0.25) is 25.0 Å². The van der Waals surface area contributed by atoms with Crippen molar-refractivity contribution in [1.82, 2.24) is 0 Å². The van der Waals surface area contributed by atoms with Gasteiger partial charge in [0.25, 0.3) is 11.4 Å². The van der Waals surface area contributed by atoms with E-state index in [2.05, 4.69) is 0 Å². The third-order valence-electron chi connectivity index (χ3n) is 5.23. The molecule has 34 heavy (non-hydrogen) atoms. The Morgan fingerprint density at radius 1 is 0.588 bits per heavy atom. The van der Waals surface area contributed by atoms with Crippen LogP contribution in [0, 0.1) is 31.9 Å². The van der Waals surface area contributed by atoms with E-state index in [1.807, 2.05) is 0 Å². The van der Waals surface area contributed by atoms with Crippen LogP contribution in [0.1, 0.15) is 15.9 Å². The van der Waals surface area contributed by atoms with E-state index < -0.39 is 27.3 Å². The highest BCUT2D eigenvalue weighted by atomic mass is 19.1. The van der Waals surface area contributed by atoms with E-state index in [1.54, 1.807) is 0 Å². The molecule has 168 valence electrons. The summed E-state index contributed by atoms with van der Waals surface area (Å²) in [5.74, 6) is -1.84. The first-order valence-corrected chi connectivity index (χ1v) is 9.89. The molecule has 4 aromatic rings. The standard InChI is InChI=1S/C25H14F2N2O5/c26-17-11-7-15(8-12-17)23-19(3-1-5-21(23)28(31)32)25(30)20-4-2-6-22(29(33)34)24(20)16-9-13-18(27)14-10-16/h1-14H. The van der Waals surface area contributed by atoms with E-state index in [0.29, 0.717) is 0 Å². The summed E-state index contributed by atoms with van der Waals surface area (Å²) in [6.45, 7) is 0. The topological polar surface area (TPSA) is 103 Å². The number of hydrogen-bond donors (Lipinski definition) is 0. The second-order valence-electron chi connectivity index (χ2n) is 7.26. The third kappa shape index (κ3) is 4.14. The summed E-state index contributed by atoms with van der Waals surface area (Å²) in [4.78, 5) is 35.9. The van der Waals surface area contributed by atoms with Crippen molar-refractivity contribution >= 4 is 17.2 Å². The molecular weight excluding hydrogens is 446 g/mol. The number of halogens is 2. The molecule has 0 spiro atoms. The lowest BCUT2D eigenvalue weighted by atomic mass is 9.88. The zero-order chi connectivity index (χ0) is 24.4. The van der Waals surface area contributed by atoms with Crippen molar-refractivity contribution in [3.63, 3.8) is 0 Å². The van der Waals surface area contributed by atoms with E-state index in [1.165, 1.54) is 60.7 Å². The number of nitro benzene ring substituents is 2. The summed E-state index contributed by atoms with van der Waals surface area (Å²) in [5.41, 5.74) is -0.591. The van der Waals surface area contributed by atoms with Crippen molar-refractivity contribution in [3.8, 4) is 22.3 Å². The van der Waals surface area contributed by atoms with Crippen LogP contribution in [0.2, 0.25) is 0 Å². The molecule has 7 nitrogen and oxygen atoms in total. The number of hydrogen-bond acceptors (Lipinski definition) is 5. The zero-order valence-electron chi connectivity index (χ0n) is 17.3. The molecule has 9 heteroatoms. The smallest absolute Gasteiger partial charge is 0.277 e. The maximum atomic E-state index is 13.7. The van der Waals surface area contributed by atoms with E-state index >= 15 is 0 Å². The van der Waals surface area contributed by atoms with Crippen molar-refractivity contribution in [2.24, 2.45) is 0 Å². The Morgan fingerprint density at radius 2 is 0.941 bits per heavy atom. The number of nitro groups is 2. The van der Waals surface area contributed by atoms with Gasteiger partial charge in [-0.25, -0.2) is 8.78 Å². The molecule has 0 saturated carbocycles. The lowest BCUT2D eigenvalue weighted by Gasteiger charge is -2.13. The van der Waals surface area contributed by atoms with Crippen LogP contribution < -0.4 is 0 Å². The van der Waals surface area contributed by atoms with Crippen LogP contribution in [0.4, 0.5) is 20.2 Å². The molecule has 0 unspecified atom stereocenters. The minimum Gasteiger partial charge on any atom is -0.289 e. The molecule has 0 bridgehead atoms. The van der Waals surface area contributed by atoms with Crippen LogP contribution in [0.5, 0.6) is 0 Å². The Balaban J connectivity index is 1.99. The fraction of sp³-hybridized carbons (Fsp3) is 0. The molecule has 4 aromatic carbocycles. The predicted molar refractivity (Wildman–Crippen MR) is 120 cm³/mol. The quantitative estimate of drug-likeness (QED) is 0.190. The fourth-order valence-electron chi connectivity index (χ4n) is 3.75. The number of benzene rings is 4. The first kappa shape index (κ1) is 22.4. The lowest BCUT2D eigenvalue weighted by molar-refractivity contribution is -0.384. The van der Waals surface area contributed by atoms with Crippen LogP contribution in [0.3, 0.4) is 0 Å². The first-order valence-electron chi connectivity index (χ1n) is 9.89. The van der Waals surface area contributed by atoms with Crippen LogP contribution in [-0.2, 0) is 0 Å². The van der Waals surface area contributed by atoms with Gasteiger partial charge in [0.2, 0.25) is 0 Å². The summed E-state index contributed by atoms with van der Waals surface area (Å²) >= 11 is 0. The minimum atomic E-state index is -0.717. The molecule has 0 fully saturated rings. The van der Waals surface area contributed by atoms with Crippen molar-refractivity contribution in [2.45, 2.75) is 0 Å².